The van der Waals surface area contributed by atoms with Crippen LogP contribution in [0.5, 0.6) is 0 Å². The number of carbonyl (C=O) groups is 4. The highest BCUT2D eigenvalue weighted by Crippen LogP contribution is 2.56. The quantitative estimate of drug-likeness (QED) is 0.145. The van der Waals surface area contributed by atoms with E-state index in [0.717, 1.165) is 96.7 Å². The van der Waals surface area contributed by atoms with Crippen LogP contribution in [0, 0.1) is 0 Å². The molecule has 0 radical (unpaired) electrons. The molecular weight excluding hydrogens is 729 g/mol. The van der Waals surface area contributed by atoms with Crippen molar-refractivity contribution in [1.82, 2.24) is 40.4 Å². The molecule has 15 heteroatoms. The van der Waals surface area contributed by atoms with Gasteiger partial charge in [-0.25, -0.2) is 19.6 Å². The van der Waals surface area contributed by atoms with Crippen LogP contribution in [-0.2, 0) is 23.8 Å². The fourth-order valence-electron chi connectivity index (χ4n) is 9.06. The van der Waals surface area contributed by atoms with Crippen LogP contribution in [0.1, 0.15) is 112 Å². The molecule has 2 unspecified atom stereocenters. The summed E-state index contributed by atoms with van der Waals surface area (Å²) in [5.41, 5.74) is 8.42. The Balaban J connectivity index is 1.02. The number of methoxy groups -OCH3 is 2. The maximum absolute atomic E-state index is 13.4. The van der Waals surface area contributed by atoms with Crippen LogP contribution < -0.4 is 10.6 Å². The minimum atomic E-state index is -0.722. The van der Waals surface area contributed by atoms with Gasteiger partial charge in [-0.2, -0.15) is 0 Å². The zero-order valence-corrected chi connectivity index (χ0v) is 32.8. The average molecular weight is 779 g/mol. The Morgan fingerprint density at radius 3 is 1.68 bits per heavy atom. The molecule has 3 fully saturated rings. The first kappa shape index (κ1) is 38.2. The topological polar surface area (TPSA) is 184 Å². The molecule has 4 N–H and O–H groups in total. The van der Waals surface area contributed by atoms with Crippen LogP contribution in [0.4, 0.5) is 9.59 Å². The lowest BCUT2D eigenvalue weighted by atomic mass is 9.82. The van der Waals surface area contributed by atoms with Crippen LogP contribution in [0.2, 0.25) is 0 Å². The summed E-state index contributed by atoms with van der Waals surface area (Å²) in [6.07, 6.45) is 9.62. The lowest BCUT2D eigenvalue weighted by Gasteiger charge is -2.36. The number of alkyl carbamates (subject to hydrolysis) is 2. The maximum Gasteiger partial charge on any atom is 0.407 e. The van der Waals surface area contributed by atoms with Gasteiger partial charge in [0, 0.05) is 18.7 Å². The summed E-state index contributed by atoms with van der Waals surface area (Å²) in [6, 6.07) is 10.9. The van der Waals surface area contributed by atoms with E-state index in [1.807, 2.05) is 17.3 Å². The summed E-state index contributed by atoms with van der Waals surface area (Å²) in [4.78, 5) is 70.6. The SMILES string of the molecule is COC(=O)N[C@@H](C)C(=O)N1CCCC[C@H]1c1ncc(-c2ccc(-c3ccc(-c4cnc([C@@H]5CCCCN5C(=O)[C@H](C)NC(=O)OC)[nH]4)c4c3C3CCC4O3)cc2)[nH]1. The van der Waals surface area contributed by atoms with Crippen LogP contribution in [-0.4, -0.2) is 93.1 Å². The fourth-order valence-corrected chi connectivity index (χ4v) is 9.06. The van der Waals surface area contributed by atoms with Crippen molar-refractivity contribution in [3.05, 3.63) is 71.6 Å². The number of likely N-dealkylation sites (tertiary alicyclic amines) is 2. The lowest BCUT2D eigenvalue weighted by Crippen LogP contribution is -2.49. The van der Waals surface area contributed by atoms with Crippen LogP contribution in [0.25, 0.3) is 33.6 Å². The van der Waals surface area contributed by atoms with Gasteiger partial charge in [-0.05, 0) is 93.0 Å². The molecule has 3 saturated heterocycles. The van der Waals surface area contributed by atoms with Gasteiger partial charge in [-0.1, -0.05) is 36.4 Å². The molecule has 2 aromatic carbocycles. The number of amides is 4. The molecule has 4 aliphatic rings. The van der Waals surface area contributed by atoms with E-state index in [2.05, 4.69) is 57.0 Å². The number of benzene rings is 2. The highest BCUT2D eigenvalue weighted by Gasteiger charge is 2.42. The molecular formula is C42H50N8O7. The second kappa shape index (κ2) is 16.0. The van der Waals surface area contributed by atoms with Gasteiger partial charge >= 0.3 is 12.2 Å². The highest BCUT2D eigenvalue weighted by molar-refractivity contribution is 5.86. The monoisotopic (exact) mass is 778 g/mol. The number of hydrogen-bond donors (Lipinski definition) is 4. The van der Waals surface area contributed by atoms with Gasteiger partial charge in [0.15, 0.2) is 0 Å². The second-order valence-corrected chi connectivity index (χ2v) is 15.4. The third-order valence-electron chi connectivity index (χ3n) is 11.9. The number of aromatic amines is 2. The molecule has 2 aromatic heterocycles. The number of hydrogen-bond acceptors (Lipinski definition) is 9. The molecule has 15 nitrogen and oxygen atoms in total. The van der Waals surface area contributed by atoms with Crippen molar-refractivity contribution in [3.63, 3.8) is 0 Å². The maximum atomic E-state index is 13.4. The van der Waals surface area contributed by atoms with Crippen molar-refractivity contribution in [2.45, 2.75) is 102 Å². The fraction of sp³-hybridized carbons (Fsp3) is 0.476. The van der Waals surface area contributed by atoms with Crippen molar-refractivity contribution in [2.75, 3.05) is 27.3 Å². The number of ether oxygens (including phenoxy) is 3. The molecule has 0 spiro atoms. The predicted octanol–water partition coefficient (Wildman–Crippen LogP) is 6.64. The molecule has 300 valence electrons. The van der Waals surface area contributed by atoms with Crippen molar-refractivity contribution in [2.24, 2.45) is 0 Å². The normalized spacial score (nSPS) is 22.4. The first-order chi connectivity index (χ1) is 27.6. The van der Waals surface area contributed by atoms with E-state index in [9.17, 15) is 19.2 Å². The number of nitrogens with zero attached hydrogens (tertiary/aromatic N) is 4. The molecule has 4 amide bonds. The zero-order chi connectivity index (χ0) is 39.8. The predicted molar refractivity (Wildman–Crippen MR) is 209 cm³/mol. The number of carbonyl (C=O) groups excluding carboxylic acids is 4. The van der Waals surface area contributed by atoms with Crippen molar-refractivity contribution in [1.29, 1.82) is 0 Å². The van der Waals surface area contributed by atoms with Gasteiger partial charge < -0.3 is 44.6 Å². The second-order valence-electron chi connectivity index (χ2n) is 15.4. The molecule has 6 atom stereocenters. The number of nitrogens with one attached hydrogen (secondary N) is 4. The molecule has 4 aliphatic heterocycles. The first-order valence-corrected chi connectivity index (χ1v) is 20.0. The molecule has 0 saturated carbocycles. The number of aromatic nitrogens is 4. The molecule has 8 rings (SSSR count). The Kier molecular flexibility index (Phi) is 10.7. The van der Waals surface area contributed by atoms with E-state index in [0.29, 0.717) is 13.1 Å². The van der Waals surface area contributed by atoms with Gasteiger partial charge in [-0.15, -0.1) is 0 Å². The summed E-state index contributed by atoms with van der Waals surface area (Å²) in [6.45, 7) is 4.52. The average Bonchev–Trinajstić information content (AvgIpc) is 4.09. The van der Waals surface area contributed by atoms with Gasteiger partial charge in [0.1, 0.15) is 23.7 Å². The van der Waals surface area contributed by atoms with Gasteiger partial charge in [0.25, 0.3) is 0 Å². The third kappa shape index (κ3) is 7.36. The van der Waals surface area contributed by atoms with Gasteiger partial charge in [-0.3, -0.25) is 9.59 Å². The van der Waals surface area contributed by atoms with Crippen LogP contribution >= 0.6 is 0 Å². The van der Waals surface area contributed by atoms with Crippen LogP contribution in [0.15, 0.2) is 48.8 Å². The number of fused-ring (bicyclic) bond motifs is 5. The number of piperidine rings is 2. The van der Waals surface area contributed by atoms with Gasteiger partial charge in [0.05, 0.1) is 62.3 Å². The molecule has 4 aromatic rings. The Morgan fingerprint density at radius 2 is 1.14 bits per heavy atom. The zero-order valence-electron chi connectivity index (χ0n) is 32.8. The summed E-state index contributed by atoms with van der Waals surface area (Å²) in [5, 5.41) is 5.20. The van der Waals surface area contributed by atoms with E-state index in [4.69, 9.17) is 24.2 Å². The van der Waals surface area contributed by atoms with E-state index < -0.39 is 24.3 Å². The van der Waals surface area contributed by atoms with E-state index in [1.54, 1.807) is 18.7 Å². The summed E-state index contributed by atoms with van der Waals surface area (Å²) >= 11 is 0. The third-order valence-corrected chi connectivity index (χ3v) is 11.9. The molecule has 0 aliphatic carbocycles. The minimum Gasteiger partial charge on any atom is -0.453 e. The summed E-state index contributed by atoms with van der Waals surface area (Å²) in [5.74, 6) is 1.13. The number of imidazole rings is 2. The van der Waals surface area contributed by atoms with Crippen LogP contribution in [0.3, 0.4) is 0 Å². The van der Waals surface area contributed by atoms with E-state index in [1.165, 1.54) is 25.3 Å². The molecule has 2 bridgehead atoms. The molecule has 57 heavy (non-hydrogen) atoms. The van der Waals surface area contributed by atoms with Crippen molar-refractivity contribution < 1.29 is 33.4 Å². The Labute approximate surface area is 331 Å². The van der Waals surface area contributed by atoms with Gasteiger partial charge in [0.2, 0.25) is 11.8 Å². The van der Waals surface area contributed by atoms with Crippen molar-refractivity contribution in [3.8, 4) is 33.6 Å². The Morgan fingerprint density at radius 1 is 0.667 bits per heavy atom. The van der Waals surface area contributed by atoms with E-state index in [-0.39, 0.29) is 36.1 Å². The van der Waals surface area contributed by atoms with Crippen molar-refractivity contribution >= 4 is 24.0 Å². The summed E-state index contributed by atoms with van der Waals surface area (Å²) < 4.78 is 15.9. The summed E-state index contributed by atoms with van der Waals surface area (Å²) in [7, 11) is 2.56. The number of H-pyrrole nitrogens is 2. The Bertz CT molecular complexity index is 2150. The first-order valence-electron chi connectivity index (χ1n) is 20.0. The smallest absolute Gasteiger partial charge is 0.407 e. The largest absolute Gasteiger partial charge is 0.453 e. The minimum absolute atomic E-state index is 0.00198. The lowest BCUT2D eigenvalue weighted by molar-refractivity contribution is -0.137. The Hall–Kier alpha value is -5.70. The standard InChI is InChI=1S/C42H50N8O7/c1-23(45-41(53)55-3)39(51)49-19-7-5-9-31(49)37-43-21-29(47-37)26-13-11-25(12-14-26)27-15-16-28(36-34-18-17-33(57-34)35(27)36)30-22-44-38(48-30)32-10-6-8-20-50(32)40(52)24(2)46-42(54)56-4/h11-16,21-24,31-34H,5-10,17-20H2,1-4H3,(H,43,47)(H,44,48)(H,45,53)(H,46,54)/t23-,24-,31-,32-,33?,34?/m0/s1. The highest BCUT2D eigenvalue weighted by atomic mass is 16.5. The van der Waals surface area contributed by atoms with E-state index >= 15 is 0 Å². The molecule has 6 heterocycles. The number of rotatable bonds is 9.